The summed E-state index contributed by atoms with van der Waals surface area (Å²) in [4.78, 5) is 15.0. The Morgan fingerprint density at radius 3 is 2.73 bits per heavy atom. The molecule has 26 heavy (non-hydrogen) atoms. The number of carbonyl (C=O) groups excluding carboxylic acids is 1. The minimum atomic E-state index is -5.08. The first-order valence-corrected chi connectivity index (χ1v) is 7.45. The predicted octanol–water partition coefficient (Wildman–Crippen LogP) is 1.81. The number of nitrogens with one attached hydrogen (secondary N) is 2. The number of aromatic nitrogens is 1. The molecule has 1 amide bonds. The highest BCUT2D eigenvalue weighted by atomic mass is 19.4. The summed E-state index contributed by atoms with van der Waals surface area (Å²) in [5, 5.41) is 4.58. The Kier molecular flexibility index (Phi) is 6.16. The van der Waals surface area contributed by atoms with Crippen LogP contribution in [0.5, 0.6) is 11.6 Å². The molecule has 0 aliphatic carbocycles. The summed E-state index contributed by atoms with van der Waals surface area (Å²) in [7, 11) is 0. The van der Waals surface area contributed by atoms with Gasteiger partial charge in [-0.15, -0.1) is 13.2 Å². The van der Waals surface area contributed by atoms with Crippen molar-refractivity contribution in [2.24, 2.45) is 0 Å². The summed E-state index contributed by atoms with van der Waals surface area (Å²) in [6, 6.07) is 0.808. The van der Waals surface area contributed by atoms with Gasteiger partial charge in [0.1, 0.15) is 6.17 Å². The van der Waals surface area contributed by atoms with Crippen molar-refractivity contribution in [3.05, 3.63) is 18.3 Å². The van der Waals surface area contributed by atoms with Crippen LogP contribution in [-0.4, -0.2) is 55.1 Å². The summed E-state index contributed by atoms with van der Waals surface area (Å²) in [5.74, 6) is -7.69. The molecular formula is C14H15F6N3O3. The van der Waals surface area contributed by atoms with E-state index in [0.717, 1.165) is 18.3 Å². The van der Waals surface area contributed by atoms with E-state index in [-0.39, 0.29) is 13.0 Å². The second-order valence-electron chi connectivity index (χ2n) is 5.44. The first-order valence-electron chi connectivity index (χ1n) is 7.45. The molecule has 2 heterocycles. The zero-order valence-corrected chi connectivity index (χ0v) is 13.2. The Hall–Kier alpha value is -2.24. The molecule has 0 aromatic carbocycles. The number of halogens is 6. The van der Waals surface area contributed by atoms with E-state index in [2.05, 4.69) is 19.8 Å². The summed E-state index contributed by atoms with van der Waals surface area (Å²) in [6.07, 6.45) is -5.49. The molecule has 0 spiro atoms. The van der Waals surface area contributed by atoms with E-state index >= 15 is 0 Å². The molecule has 1 saturated heterocycles. The van der Waals surface area contributed by atoms with Crippen molar-refractivity contribution in [3.8, 4) is 11.6 Å². The zero-order chi connectivity index (χ0) is 19.4. The quantitative estimate of drug-likeness (QED) is 0.729. The van der Waals surface area contributed by atoms with E-state index in [1.54, 1.807) is 0 Å². The van der Waals surface area contributed by atoms with Crippen LogP contribution in [0.3, 0.4) is 0 Å². The van der Waals surface area contributed by atoms with E-state index in [1.165, 1.54) is 0 Å². The van der Waals surface area contributed by atoms with Gasteiger partial charge in [-0.05, 0) is 25.1 Å². The fraction of sp³-hybridized carbons (Fsp3) is 0.571. The number of carbonyl (C=O) groups is 1. The van der Waals surface area contributed by atoms with Crippen molar-refractivity contribution in [3.63, 3.8) is 0 Å². The van der Waals surface area contributed by atoms with Gasteiger partial charge in [-0.1, -0.05) is 0 Å². The summed E-state index contributed by atoms with van der Waals surface area (Å²) >= 11 is 0. The molecule has 146 valence electrons. The molecule has 1 fully saturated rings. The standard InChI is InChI=1S/C14H15F6N3O3/c15-8-6-21-5-3-9(8)23-12(24)13(16,17)7-25-11-10(2-1-4-22-11)26-14(18,19)20/h1-2,4,8-9,21H,3,5-7H2,(H,23,24)/t8-,9-/m0/s1. The third kappa shape index (κ3) is 5.64. The highest BCUT2D eigenvalue weighted by molar-refractivity contribution is 5.83. The van der Waals surface area contributed by atoms with E-state index in [4.69, 9.17) is 0 Å². The highest BCUT2D eigenvalue weighted by Crippen LogP contribution is 2.30. The van der Waals surface area contributed by atoms with E-state index in [9.17, 15) is 31.1 Å². The van der Waals surface area contributed by atoms with Crippen molar-refractivity contribution in [1.29, 1.82) is 0 Å². The van der Waals surface area contributed by atoms with E-state index in [0.29, 0.717) is 6.54 Å². The molecule has 6 nitrogen and oxygen atoms in total. The van der Waals surface area contributed by atoms with Crippen molar-refractivity contribution in [2.45, 2.75) is 30.9 Å². The van der Waals surface area contributed by atoms with Crippen molar-refractivity contribution < 1.29 is 40.6 Å². The lowest BCUT2D eigenvalue weighted by atomic mass is 10.0. The number of rotatable bonds is 6. The molecule has 12 heteroatoms. The van der Waals surface area contributed by atoms with Crippen LogP contribution in [0.2, 0.25) is 0 Å². The Bertz CT molecular complexity index is 628. The molecule has 1 aromatic rings. The Balaban J connectivity index is 1.98. The van der Waals surface area contributed by atoms with E-state index in [1.807, 2.05) is 5.32 Å². The predicted molar refractivity (Wildman–Crippen MR) is 75.7 cm³/mol. The number of hydrogen-bond acceptors (Lipinski definition) is 5. The van der Waals surface area contributed by atoms with Gasteiger partial charge >= 0.3 is 12.3 Å². The number of hydrogen-bond donors (Lipinski definition) is 2. The minimum Gasteiger partial charge on any atom is -0.468 e. The van der Waals surface area contributed by atoms with Crippen LogP contribution in [0.15, 0.2) is 18.3 Å². The van der Waals surface area contributed by atoms with Crippen LogP contribution in [-0.2, 0) is 4.79 Å². The molecule has 1 aliphatic rings. The van der Waals surface area contributed by atoms with Gasteiger partial charge in [0.2, 0.25) is 0 Å². The molecule has 0 radical (unpaired) electrons. The summed E-state index contributed by atoms with van der Waals surface area (Å²) < 4.78 is 86.3. The second kappa shape index (κ2) is 7.98. The smallest absolute Gasteiger partial charge is 0.468 e. The van der Waals surface area contributed by atoms with Crippen LogP contribution < -0.4 is 20.1 Å². The van der Waals surface area contributed by atoms with Gasteiger partial charge in [0.25, 0.3) is 11.8 Å². The normalized spacial score (nSPS) is 21.2. The average Bonchev–Trinajstić information content (AvgIpc) is 2.54. The Labute approximate surface area is 143 Å². The van der Waals surface area contributed by atoms with Crippen LogP contribution >= 0.6 is 0 Å². The fourth-order valence-electron chi connectivity index (χ4n) is 2.17. The molecule has 0 saturated carbocycles. The number of pyridine rings is 1. The fourth-order valence-corrected chi connectivity index (χ4v) is 2.17. The van der Waals surface area contributed by atoms with Crippen LogP contribution in [0, 0.1) is 0 Å². The van der Waals surface area contributed by atoms with Crippen molar-refractivity contribution in [1.82, 2.24) is 15.6 Å². The third-order valence-corrected chi connectivity index (χ3v) is 3.41. The van der Waals surface area contributed by atoms with Gasteiger partial charge in [-0.3, -0.25) is 4.79 Å². The Morgan fingerprint density at radius 2 is 2.08 bits per heavy atom. The number of alkyl halides is 6. The maximum absolute atomic E-state index is 13.9. The first kappa shape index (κ1) is 20.1. The lowest BCUT2D eigenvalue weighted by molar-refractivity contribution is -0.275. The van der Waals surface area contributed by atoms with Crippen LogP contribution in [0.4, 0.5) is 26.3 Å². The van der Waals surface area contributed by atoms with Gasteiger partial charge in [0.05, 0.1) is 6.04 Å². The number of amides is 1. The maximum atomic E-state index is 13.9. The second-order valence-corrected chi connectivity index (χ2v) is 5.44. The number of piperidine rings is 1. The lowest BCUT2D eigenvalue weighted by Crippen LogP contribution is -2.55. The first-order chi connectivity index (χ1) is 12.1. The van der Waals surface area contributed by atoms with Gasteiger partial charge in [-0.2, -0.15) is 8.78 Å². The number of ether oxygens (including phenoxy) is 2. The van der Waals surface area contributed by atoms with Gasteiger partial charge < -0.3 is 20.1 Å². The van der Waals surface area contributed by atoms with E-state index < -0.39 is 48.6 Å². The molecular weight excluding hydrogens is 372 g/mol. The number of nitrogens with zero attached hydrogens (tertiary/aromatic N) is 1. The van der Waals surface area contributed by atoms with Crippen LogP contribution in [0.1, 0.15) is 6.42 Å². The largest absolute Gasteiger partial charge is 0.573 e. The topological polar surface area (TPSA) is 72.5 Å². The molecule has 0 bridgehead atoms. The molecule has 2 rings (SSSR count). The SMILES string of the molecule is O=C(N[C@H]1CCNC[C@@H]1F)C(F)(F)COc1ncccc1OC(F)(F)F. The average molecular weight is 387 g/mol. The minimum absolute atomic E-state index is 0.0842. The summed E-state index contributed by atoms with van der Waals surface area (Å²) in [5.41, 5.74) is 0. The van der Waals surface area contributed by atoms with Crippen LogP contribution in [0.25, 0.3) is 0 Å². The maximum Gasteiger partial charge on any atom is 0.573 e. The third-order valence-electron chi connectivity index (χ3n) is 3.41. The van der Waals surface area contributed by atoms with Gasteiger partial charge in [0, 0.05) is 12.7 Å². The molecule has 1 aromatic heterocycles. The van der Waals surface area contributed by atoms with Crippen molar-refractivity contribution in [2.75, 3.05) is 19.7 Å². The monoisotopic (exact) mass is 387 g/mol. The molecule has 2 atom stereocenters. The summed E-state index contributed by atoms with van der Waals surface area (Å²) in [6.45, 7) is -1.33. The highest BCUT2D eigenvalue weighted by Gasteiger charge is 2.43. The molecule has 0 unspecified atom stereocenters. The van der Waals surface area contributed by atoms with Gasteiger partial charge in [0.15, 0.2) is 12.4 Å². The molecule has 2 N–H and O–H groups in total. The zero-order valence-electron chi connectivity index (χ0n) is 13.2. The molecule has 1 aliphatic heterocycles. The Morgan fingerprint density at radius 1 is 1.35 bits per heavy atom. The van der Waals surface area contributed by atoms with Gasteiger partial charge in [-0.25, -0.2) is 9.37 Å². The van der Waals surface area contributed by atoms with Crippen molar-refractivity contribution >= 4 is 5.91 Å². The lowest BCUT2D eigenvalue weighted by Gasteiger charge is -2.28.